The van der Waals surface area contributed by atoms with Crippen LogP contribution in [-0.2, 0) is 60.4 Å². The molecule has 14 heteroatoms. The number of halogens is 1. The van der Waals surface area contributed by atoms with Crippen molar-refractivity contribution < 1.29 is 61.3 Å². The molecule has 13 nitrogen and oxygen atoms in total. The van der Waals surface area contributed by atoms with Gasteiger partial charge in [0.1, 0.15) is 23.8 Å². The fraction of sp³-hybridized carbons (Fsp3) is 0.571. The second-order valence-corrected chi connectivity index (χ2v) is 19.1. The van der Waals surface area contributed by atoms with Gasteiger partial charge in [-0.05, 0) is 106 Å². The summed E-state index contributed by atoms with van der Waals surface area (Å²) in [6.07, 6.45) is 1.69. The predicted octanol–water partition coefficient (Wildman–Crippen LogP) is 10.4. The van der Waals surface area contributed by atoms with Gasteiger partial charge in [0, 0.05) is 42.8 Å². The zero-order valence-electron chi connectivity index (χ0n) is 42.9. The quantitative estimate of drug-likeness (QED) is 0.0262. The molecule has 0 radical (unpaired) electrons. The maximum atomic E-state index is 14.9. The van der Waals surface area contributed by atoms with Crippen molar-refractivity contribution in [2.24, 2.45) is 0 Å². The van der Waals surface area contributed by atoms with E-state index in [1.165, 1.54) is 12.1 Å². The Hall–Kier alpha value is -4.51. The third-order valence-corrected chi connectivity index (χ3v) is 11.2. The molecular formula is C56H78FNO12. The van der Waals surface area contributed by atoms with Gasteiger partial charge in [0.15, 0.2) is 11.6 Å². The standard InChI is InChI=1S/C56H78FNO12/c1-9-25-61-26-27-62-28-29-63-30-31-64-32-33-65-34-35-66-36-37-67-46-21-15-42(16-22-46)38-49(59)52-51(43-13-11-10-12-14-43)54(44-17-19-45(57)20-18-44)58(53(52)41(2)3)24-23-47-39-48(69-56(7,8)68-47)40-50(60)70-55(4,5)6/h10-22,41,47-48H,9,23-40H2,1-8H3/t47-,48-/m1/s1. The molecule has 2 atom stereocenters. The Balaban J connectivity index is 1.18. The number of ketones is 1. The normalized spacial score (nSPS) is 15.9. The van der Waals surface area contributed by atoms with E-state index in [1.54, 1.807) is 12.1 Å². The number of esters is 1. The molecule has 0 spiro atoms. The molecule has 70 heavy (non-hydrogen) atoms. The second kappa shape index (κ2) is 29.1. The van der Waals surface area contributed by atoms with Gasteiger partial charge >= 0.3 is 5.97 Å². The van der Waals surface area contributed by atoms with Crippen LogP contribution in [0.2, 0.25) is 0 Å². The van der Waals surface area contributed by atoms with Gasteiger partial charge in [-0.25, -0.2) is 4.39 Å². The maximum absolute atomic E-state index is 14.9. The molecular weight excluding hydrogens is 898 g/mol. The molecule has 0 aliphatic carbocycles. The first kappa shape index (κ1) is 56.4. The minimum atomic E-state index is -0.929. The van der Waals surface area contributed by atoms with Crippen LogP contribution in [0, 0.1) is 5.82 Å². The zero-order valence-corrected chi connectivity index (χ0v) is 42.9. The highest BCUT2D eigenvalue weighted by atomic mass is 19.1. The number of carbonyl (C=O) groups excluding carboxylic acids is 2. The Bertz CT molecular complexity index is 2130. The van der Waals surface area contributed by atoms with Crippen LogP contribution in [0.5, 0.6) is 5.75 Å². The monoisotopic (exact) mass is 976 g/mol. The van der Waals surface area contributed by atoms with Gasteiger partial charge < -0.3 is 51.9 Å². The third kappa shape index (κ3) is 19.2. The highest BCUT2D eigenvalue weighted by Crippen LogP contribution is 2.43. The van der Waals surface area contributed by atoms with Crippen molar-refractivity contribution in [3.63, 3.8) is 0 Å². The topological polar surface area (TPSA) is 131 Å². The molecule has 4 aromatic rings. The summed E-state index contributed by atoms with van der Waals surface area (Å²) in [5.74, 6) is -1.01. The van der Waals surface area contributed by atoms with Crippen molar-refractivity contribution in [3.05, 3.63) is 102 Å². The van der Waals surface area contributed by atoms with Gasteiger partial charge in [-0.15, -0.1) is 0 Å². The molecule has 1 saturated heterocycles. The van der Waals surface area contributed by atoms with E-state index in [-0.39, 0.29) is 42.4 Å². The molecule has 3 aromatic carbocycles. The molecule has 0 unspecified atom stereocenters. The molecule has 0 N–H and O–H groups in total. The van der Waals surface area contributed by atoms with E-state index in [0.29, 0.717) is 110 Å². The number of rotatable bonds is 32. The van der Waals surface area contributed by atoms with Crippen molar-refractivity contribution in [2.45, 2.75) is 124 Å². The molecule has 1 aliphatic heterocycles. The molecule has 1 aromatic heterocycles. The molecule has 1 aliphatic rings. The highest BCUT2D eigenvalue weighted by Gasteiger charge is 2.38. The third-order valence-electron chi connectivity index (χ3n) is 11.2. The first-order chi connectivity index (χ1) is 33.6. The van der Waals surface area contributed by atoms with Crippen molar-refractivity contribution in [1.29, 1.82) is 0 Å². The molecule has 0 amide bonds. The first-order valence-corrected chi connectivity index (χ1v) is 25.0. The summed E-state index contributed by atoms with van der Waals surface area (Å²) in [6.45, 7) is 22.6. The van der Waals surface area contributed by atoms with Gasteiger partial charge in [-0.2, -0.15) is 0 Å². The van der Waals surface area contributed by atoms with Gasteiger partial charge in [0.05, 0.1) is 97.0 Å². The lowest BCUT2D eigenvalue weighted by molar-refractivity contribution is -0.301. The van der Waals surface area contributed by atoms with Crippen molar-refractivity contribution in [1.82, 2.24) is 4.57 Å². The molecule has 0 bridgehead atoms. The number of nitrogens with zero attached hydrogens (tertiary/aromatic N) is 1. The number of carbonyl (C=O) groups is 2. The van der Waals surface area contributed by atoms with Crippen molar-refractivity contribution in [3.8, 4) is 28.1 Å². The number of hydrogen-bond acceptors (Lipinski definition) is 12. The number of aromatic nitrogens is 1. The van der Waals surface area contributed by atoms with Crippen molar-refractivity contribution in [2.75, 3.05) is 85.9 Å². The molecule has 0 saturated carbocycles. The van der Waals surface area contributed by atoms with Crippen LogP contribution >= 0.6 is 0 Å². The van der Waals surface area contributed by atoms with E-state index in [2.05, 4.69) is 25.3 Å². The highest BCUT2D eigenvalue weighted by molar-refractivity contribution is 6.08. The van der Waals surface area contributed by atoms with Gasteiger partial charge in [-0.3, -0.25) is 9.59 Å². The van der Waals surface area contributed by atoms with Crippen molar-refractivity contribution >= 4 is 11.8 Å². The molecule has 2 heterocycles. The van der Waals surface area contributed by atoms with Gasteiger partial charge in [-0.1, -0.05) is 63.2 Å². The molecule has 1 fully saturated rings. The second-order valence-electron chi connectivity index (χ2n) is 19.1. The van der Waals surface area contributed by atoms with Crippen LogP contribution in [0.25, 0.3) is 22.4 Å². The van der Waals surface area contributed by atoms with Crippen LogP contribution in [-0.4, -0.2) is 126 Å². The summed E-state index contributed by atoms with van der Waals surface area (Å²) in [6, 6.07) is 24.0. The van der Waals surface area contributed by atoms with Gasteiger partial charge in [0.25, 0.3) is 0 Å². The summed E-state index contributed by atoms with van der Waals surface area (Å²) in [4.78, 5) is 27.8. The minimum Gasteiger partial charge on any atom is -0.491 e. The molecule has 386 valence electrons. The lowest BCUT2D eigenvalue weighted by Crippen LogP contribution is -2.46. The van der Waals surface area contributed by atoms with E-state index in [0.717, 1.165) is 46.7 Å². The number of hydrogen-bond donors (Lipinski definition) is 0. The Labute approximate surface area is 415 Å². The Morgan fingerprint density at radius 3 is 1.76 bits per heavy atom. The summed E-state index contributed by atoms with van der Waals surface area (Å²) in [5.41, 5.74) is 5.08. The summed E-state index contributed by atoms with van der Waals surface area (Å²) in [7, 11) is 0. The van der Waals surface area contributed by atoms with Crippen LogP contribution < -0.4 is 4.74 Å². The lowest BCUT2D eigenvalue weighted by atomic mass is 9.90. The smallest absolute Gasteiger partial charge is 0.308 e. The van der Waals surface area contributed by atoms with E-state index >= 15 is 0 Å². The van der Waals surface area contributed by atoms with E-state index in [9.17, 15) is 14.0 Å². The number of benzene rings is 3. The van der Waals surface area contributed by atoms with Crippen LogP contribution in [0.3, 0.4) is 0 Å². The van der Waals surface area contributed by atoms with Gasteiger partial charge in [0.2, 0.25) is 0 Å². The van der Waals surface area contributed by atoms with E-state index in [1.807, 2.05) is 89.2 Å². The fourth-order valence-electron chi connectivity index (χ4n) is 8.45. The zero-order chi connectivity index (χ0) is 50.4. The average molecular weight is 976 g/mol. The van der Waals surface area contributed by atoms with Crippen LogP contribution in [0.1, 0.15) is 109 Å². The maximum Gasteiger partial charge on any atom is 0.308 e. The van der Waals surface area contributed by atoms with E-state index < -0.39 is 17.5 Å². The molecule has 5 rings (SSSR count). The van der Waals surface area contributed by atoms with Crippen LogP contribution in [0.15, 0.2) is 78.9 Å². The number of Topliss-reactive ketones (excluding diaryl/α,β-unsaturated/α-hetero) is 1. The summed E-state index contributed by atoms with van der Waals surface area (Å²) >= 11 is 0. The summed E-state index contributed by atoms with van der Waals surface area (Å²) in [5, 5.41) is 0. The SMILES string of the molecule is CCCOCCOCCOCCOCCOCCOCCOc1ccc(CC(=O)c2c(-c3ccccc3)c(-c3ccc(F)cc3)n(CC[C@@H]3C[C@H](CC(=O)OC(C)(C)C)OC(C)(C)O3)c2C(C)C)cc1. The number of ether oxygens (including phenoxy) is 10. The largest absolute Gasteiger partial charge is 0.491 e. The Morgan fingerprint density at radius 2 is 1.23 bits per heavy atom. The Kier molecular flexibility index (Phi) is 23.5. The van der Waals surface area contributed by atoms with E-state index in [4.69, 9.17) is 47.4 Å². The average Bonchev–Trinajstić information content (AvgIpc) is 3.66. The fourth-order valence-corrected chi connectivity index (χ4v) is 8.45. The first-order valence-electron chi connectivity index (χ1n) is 25.0. The minimum absolute atomic E-state index is 0.0310. The lowest BCUT2D eigenvalue weighted by Gasteiger charge is -2.41. The predicted molar refractivity (Wildman–Crippen MR) is 268 cm³/mol. The van der Waals surface area contributed by atoms with Crippen LogP contribution in [0.4, 0.5) is 4.39 Å². The summed E-state index contributed by atoms with van der Waals surface area (Å²) < 4.78 is 74.2. The Morgan fingerprint density at radius 1 is 0.700 bits per heavy atom.